The van der Waals surface area contributed by atoms with Gasteiger partial charge in [-0.1, -0.05) is 80.8 Å². The lowest BCUT2D eigenvalue weighted by Gasteiger charge is -2.45. The Kier molecular flexibility index (Phi) is 7.44. The summed E-state index contributed by atoms with van der Waals surface area (Å²) in [7, 11) is -23.0. The maximum absolute atomic E-state index is 15.5. The fourth-order valence-electron chi connectivity index (χ4n) is 6.36. The summed E-state index contributed by atoms with van der Waals surface area (Å²) in [4.78, 5) is -0.684. The maximum atomic E-state index is 15.5. The second-order valence-corrected chi connectivity index (χ2v) is 16.1. The van der Waals surface area contributed by atoms with E-state index in [0.29, 0.717) is 18.2 Å². The first-order chi connectivity index (χ1) is 23.4. The Hall–Kier alpha value is -5.57. The molecule has 0 saturated heterocycles. The van der Waals surface area contributed by atoms with Gasteiger partial charge in [-0.05, 0) is 64.5 Å². The lowest BCUT2D eigenvalue weighted by molar-refractivity contribution is -0.274. The number of fused-ring (bicyclic) bond motifs is 2. The summed E-state index contributed by atoms with van der Waals surface area (Å²) in [5.74, 6) is -2.48. The minimum Gasteiger partial charge on any atom is -0.406 e. The standard InChI is InChI=1S/C32H15F13N4OS2/c1-16-6-4-7-17(10-16)26-24(31(48-2)49-3)13-23-28(26)29(51(36,37,38,39)40)22-12-21(19(14-46)15-47)25(27(22)30(23)52(41,42,43,44)45)18-8-5-9-20(11-18)50-32(33,34)35/h4-11H,12-13H2,1H3. The number of rotatable bonds is 5. The molecule has 0 bridgehead atoms. The van der Waals surface area contributed by atoms with E-state index in [1.165, 1.54) is 13.0 Å². The van der Waals surface area contributed by atoms with Crippen LogP contribution in [0.25, 0.3) is 20.8 Å². The van der Waals surface area contributed by atoms with Crippen LogP contribution in [-0.4, -0.2) is 6.36 Å². The van der Waals surface area contributed by atoms with Crippen molar-refractivity contribution in [3.8, 4) is 17.9 Å². The number of hydrogen-bond acceptors (Lipinski definition) is 3. The highest BCUT2D eigenvalue weighted by Crippen LogP contribution is 3.04. The summed E-state index contributed by atoms with van der Waals surface area (Å²) in [5.41, 5.74) is -11.9. The van der Waals surface area contributed by atoms with Crippen molar-refractivity contribution in [2.75, 3.05) is 0 Å². The molecule has 2 aliphatic rings. The van der Waals surface area contributed by atoms with Crippen molar-refractivity contribution >= 4 is 31.6 Å². The highest BCUT2D eigenvalue weighted by atomic mass is 32.5. The third-order valence-corrected chi connectivity index (χ3v) is 10.3. The number of alkyl halides is 3. The fraction of sp³-hybridized carbons (Fsp3) is 0.125. The molecule has 0 spiro atoms. The molecule has 272 valence electrons. The van der Waals surface area contributed by atoms with Crippen molar-refractivity contribution in [3.63, 3.8) is 0 Å². The molecule has 0 radical (unpaired) electrons. The number of nitrogens with zero attached hydrogens (tertiary/aromatic N) is 4. The predicted octanol–water partition coefficient (Wildman–Crippen LogP) is 11.1. The molecule has 0 unspecified atom stereocenters. The van der Waals surface area contributed by atoms with Crippen LogP contribution in [0.5, 0.6) is 5.75 Å². The zero-order valence-corrected chi connectivity index (χ0v) is 27.1. The first-order valence-corrected chi connectivity index (χ1v) is 17.7. The minimum absolute atomic E-state index is 0.183. The van der Waals surface area contributed by atoms with Crippen LogP contribution in [0.2, 0.25) is 0 Å². The lowest BCUT2D eigenvalue weighted by atomic mass is 9.95. The van der Waals surface area contributed by atoms with Gasteiger partial charge in [-0.25, -0.2) is 0 Å². The Balaban J connectivity index is 2.30. The van der Waals surface area contributed by atoms with Crippen molar-refractivity contribution in [1.82, 2.24) is 0 Å². The third kappa shape index (κ3) is 6.75. The number of ether oxygens (including phenoxy) is 1. The number of halogens is 13. The van der Waals surface area contributed by atoms with Crippen molar-refractivity contribution in [3.05, 3.63) is 132 Å². The average Bonchev–Trinajstić information content (AvgIpc) is 3.52. The van der Waals surface area contributed by atoms with Gasteiger partial charge in [0.25, 0.3) is 0 Å². The number of allylic oxidation sites excluding steroid dienone is 3. The van der Waals surface area contributed by atoms with Crippen LogP contribution in [-0.2, 0) is 12.8 Å². The second kappa shape index (κ2) is 10.3. The van der Waals surface area contributed by atoms with Crippen LogP contribution in [0.4, 0.5) is 52.0 Å². The Morgan fingerprint density at radius 1 is 0.712 bits per heavy atom. The number of aryl methyl sites for hydroxylation is 1. The van der Waals surface area contributed by atoms with Crippen LogP contribution in [0.3, 0.4) is 0 Å². The zero-order valence-electron chi connectivity index (χ0n) is 25.5. The van der Waals surface area contributed by atoms with E-state index in [9.17, 15) is 23.7 Å². The first kappa shape index (κ1) is 37.7. The predicted molar refractivity (Wildman–Crippen MR) is 164 cm³/mol. The monoisotopic (exact) mass is 782 g/mol. The smallest absolute Gasteiger partial charge is 0.406 e. The Bertz CT molecular complexity index is 2520. The molecule has 3 aromatic rings. The van der Waals surface area contributed by atoms with Crippen LogP contribution in [0, 0.1) is 42.7 Å². The summed E-state index contributed by atoms with van der Waals surface area (Å²) in [6.45, 7) is 16.1. The fourth-order valence-corrected chi connectivity index (χ4v) is 8.87. The molecule has 0 heterocycles. The molecule has 52 heavy (non-hydrogen) atoms. The summed E-state index contributed by atoms with van der Waals surface area (Å²) in [5, 5.41) is 14.9. The van der Waals surface area contributed by atoms with E-state index >= 15 is 38.9 Å². The third-order valence-electron chi connectivity index (χ3n) is 7.86. The van der Waals surface area contributed by atoms with Gasteiger partial charge in [-0.3, -0.25) is 0 Å². The number of hydrogen-bond donors (Lipinski definition) is 0. The summed E-state index contributed by atoms with van der Waals surface area (Å²) < 4.78 is 198. The van der Waals surface area contributed by atoms with Crippen molar-refractivity contribution in [1.29, 1.82) is 10.5 Å². The van der Waals surface area contributed by atoms with Crippen LogP contribution < -0.4 is 15.2 Å². The lowest BCUT2D eigenvalue weighted by Crippen LogP contribution is -2.34. The topological polar surface area (TPSA) is 65.5 Å². The van der Waals surface area contributed by atoms with Crippen LogP contribution in [0.1, 0.15) is 27.8 Å². The molecular formula is C32H15F13N4OS2. The van der Waals surface area contributed by atoms with Gasteiger partial charge in [0, 0.05) is 16.9 Å². The Morgan fingerprint density at radius 2 is 1.15 bits per heavy atom. The molecule has 2 aliphatic carbocycles. The van der Waals surface area contributed by atoms with Gasteiger partial charge in [-0.15, -0.1) is 13.2 Å². The van der Waals surface area contributed by atoms with E-state index in [2.05, 4.69) is 14.4 Å². The highest BCUT2D eigenvalue weighted by molar-refractivity contribution is 8.46. The quantitative estimate of drug-likeness (QED) is 0.147. The van der Waals surface area contributed by atoms with Gasteiger partial charge in [0.05, 0.1) is 5.57 Å². The molecule has 0 amide bonds. The molecule has 0 N–H and O–H groups in total. The molecular weight excluding hydrogens is 767 g/mol. The molecule has 0 saturated carbocycles. The zero-order chi connectivity index (χ0) is 39.2. The van der Waals surface area contributed by atoms with Gasteiger partial charge in [-0.2, -0.15) is 20.2 Å². The maximum Gasteiger partial charge on any atom is 0.573 e. The van der Waals surface area contributed by atoms with Crippen molar-refractivity contribution in [2.45, 2.75) is 35.9 Å². The van der Waals surface area contributed by atoms with E-state index in [1.54, 1.807) is 0 Å². The summed E-state index contributed by atoms with van der Waals surface area (Å²) in [6, 6.07) is 8.80. The molecule has 5 nitrogen and oxygen atoms in total. The molecule has 0 fully saturated rings. The van der Waals surface area contributed by atoms with Crippen molar-refractivity contribution < 1.29 is 56.8 Å². The van der Waals surface area contributed by atoms with E-state index < -0.39 is 122 Å². The van der Waals surface area contributed by atoms with E-state index in [1.807, 2.05) is 0 Å². The minimum atomic E-state index is -11.5. The van der Waals surface area contributed by atoms with E-state index in [-0.39, 0.29) is 11.6 Å². The van der Waals surface area contributed by atoms with Crippen LogP contribution >= 0.6 is 20.4 Å². The summed E-state index contributed by atoms with van der Waals surface area (Å²) in [6.07, 6.45) is -9.04. The second-order valence-electron chi connectivity index (χ2n) is 11.5. The average molecular weight is 783 g/mol. The van der Waals surface area contributed by atoms with Gasteiger partial charge in [0.2, 0.25) is 0 Å². The highest BCUT2D eigenvalue weighted by Gasteiger charge is 2.72. The van der Waals surface area contributed by atoms with Gasteiger partial charge >= 0.3 is 32.6 Å². The Labute approximate surface area is 284 Å². The molecule has 20 heteroatoms. The van der Waals surface area contributed by atoms with Gasteiger partial charge in [0.15, 0.2) is 0 Å². The molecule has 3 aromatic carbocycles. The largest absolute Gasteiger partial charge is 0.573 e. The molecule has 0 aliphatic heterocycles. The number of nitriles is 2. The normalized spacial score (nSPS) is 16.9. The Morgan fingerprint density at radius 3 is 1.58 bits per heavy atom. The number of benzene rings is 3. The molecule has 5 rings (SSSR count). The molecule has 0 atom stereocenters. The van der Waals surface area contributed by atoms with E-state index in [4.69, 9.17) is 13.1 Å². The first-order valence-electron chi connectivity index (χ1n) is 13.8. The van der Waals surface area contributed by atoms with Gasteiger partial charge < -0.3 is 4.74 Å². The SMILES string of the molecule is [C-]#[N+]C([N+]#[C-])=C1Cc2c(S(F)(F)(F)(F)F)c3c(c(S(F)(F)(F)(F)F)c2=C1c1cccc(C)c1)CC(=C(C#N)C#N)C=3c1cccc(OC(F)(F)F)c1. The molecule has 0 aromatic heterocycles. The van der Waals surface area contributed by atoms with Crippen molar-refractivity contribution in [2.24, 2.45) is 0 Å². The van der Waals surface area contributed by atoms with Gasteiger partial charge in [0.1, 0.15) is 46.4 Å². The van der Waals surface area contributed by atoms with Crippen LogP contribution in [0.15, 0.2) is 80.9 Å². The summed E-state index contributed by atoms with van der Waals surface area (Å²) >= 11 is 0. The van der Waals surface area contributed by atoms with E-state index in [0.717, 1.165) is 30.3 Å².